The molecular weight excluding hydrogens is 368 g/mol. The average molecular weight is 395 g/mol. The molecular formula is C23H26N2O2S. The fraction of sp³-hybridized carbons (Fsp3) is 0.391. The van der Waals surface area contributed by atoms with Gasteiger partial charge in [0.1, 0.15) is 0 Å². The third kappa shape index (κ3) is 3.68. The molecule has 4 nitrogen and oxygen atoms in total. The number of imide groups is 1. The molecule has 0 atom stereocenters. The number of aromatic nitrogens is 1. The molecule has 2 aromatic rings. The maximum absolute atomic E-state index is 12.8. The first kappa shape index (κ1) is 19.1. The monoisotopic (exact) mass is 394 g/mol. The van der Waals surface area contributed by atoms with Gasteiger partial charge >= 0.3 is 0 Å². The lowest BCUT2D eigenvalue weighted by Crippen LogP contribution is -2.30. The molecule has 0 radical (unpaired) electrons. The molecule has 1 saturated heterocycles. The van der Waals surface area contributed by atoms with Gasteiger partial charge in [0.25, 0.3) is 11.1 Å². The van der Waals surface area contributed by atoms with Crippen molar-refractivity contribution in [2.24, 2.45) is 0 Å². The van der Waals surface area contributed by atoms with E-state index in [0.717, 1.165) is 22.9 Å². The van der Waals surface area contributed by atoms with E-state index in [1.54, 1.807) is 0 Å². The van der Waals surface area contributed by atoms with E-state index in [4.69, 9.17) is 0 Å². The molecule has 0 spiro atoms. The molecule has 1 saturated carbocycles. The van der Waals surface area contributed by atoms with Crippen LogP contribution in [0, 0.1) is 13.8 Å². The second-order valence-corrected chi connectivity index (χ2v) is 8.70. The smallest absolute Gasteiger partial charge is 0.293 e. The van der Waals surface area contributed by atoms with Crippen LogP contribution in [-0.2, 0) is 11.2 Å². The number of aryl methyl sites for hydroxylation is 1. The van der Waals surface area contributed by atoms with Gasteiger partial charge in [-0.2, -0.15) is 0 Å². The van der Waals surface area contributed by atoms with Crippen molar-refractivity contribution in [2.75, 3.05) is 6.54 Å². The van der Waals surface area contributed by atoms with Crippen LogP contribution in [-0.4, -0.2) is 27.2 Å². The third-order valence-electron chi connectivity index (χ3n) is 5.84. The summed E-state index contributed by atoms with van der Waals surface area (Å²) in [6.45, 7) is 4.68. The zero-order valence-corrected chi connectivity index (χ0v) is 17.3. The third-order valence-corrected chi connectivity index (χ3v) is 6.75. The second-order valence-electron chi connectivity index (χ2n) is 7.70. The van der Waals surface area contributed by atoms with Gasteiger partial charge in [0, 0.05) is 24.0 Å². The van der Waals surface area contributed by atoms with Crippen LogP contribution >= 0.6 is 11.8 Å². The molecule has 1 aliphatic heterocycles. The van der Waals surface area contributed by atoms with Gasteiger partial charge < -0.3 is 4.57 Å². The van der Waals surface area contributed by atoms with Crippen LogP contribution in [0.3, 0.4) is 0 Å². The minimum absolute atomic E-state index is 0.170. The zero-order valence-electron chi connectivity index (χ0n) is 16.5. The van der Waals surface area contributed by atoms with E-state index in [0.29, 0.717) is 23.9 Å². The molecule has 0 unspecified atom stereocenters. The average Bonchev–Trinajstić information content (AvgIpc) is 3.36. The van der Waals surface area contributed by atoms with Crippen molar-refractivity contribution in [1.82, 2.24) is 9.47 Å². The van der Waals surface area contributed by atoms with E-state index < -0.39 is 0 Å². The molecule has 0 N–H and O–H groups in total. The van der Waals surface area contributed by atoms with Gasteiger partial charge in [0.15, 0.2) is 0 Å². The summed E-state index contributed by atoms with van der Waals surface area (Å²) < 4.78 is 2.42. The summed E-state index contributed by atoms with van der Waals surface area (Å²) >= 11 is 1.06. The highest BCUT2D eigenvalue weighted by Crippen LogP contribution is 2.36. The van der Waals surface area contributed by atoms with E-state index in [1.165, 1.54) is 42.0 Å². The number of amides is 2. The van der Waals surface area contributed by atoms with E-state index in [-0.39, 0.29) is 11.1 Å². The SMILES string of the molecule is Cc1cc(/C=C2\SC(=O)N(CCc3ccccc3)C2=O)c(C)n1C1CCCC1. The number of rotatable bonds is 5. The fourth-order valence-electron chi connectivity index (χ4n) is 4.39. The van der Waals surface area contributed by atoms with Gasteiger partial charge in [0.05, 0.1) is 4.91 Å². The summed E-state index contributed by atoms with van der Waals surface area (Å²) in [6, 6.07) is 12.7. The molecule has 1 aliphatic carbocycles. The van der Waals surface area contributed by atoms with Crippen LogP contribution in [0.2, 0.25) is 0 Å². The van der Waals surface area contributed by atoms with Gasteiger partial charge in [-0.1, -0.05) is 43.2 Å². The summed E-state index contributed by atoms with van der Waals surface area (Å²) in [6.07, 6.45) is 7.62. The largest absolute Gasteiger partial charge is 0.346 e. The molecule has 4 rings (SSSR count). The molecule has 5 heteroatoms. The quantitative estimate of drug-likeness (QED) is 0.629. The van der Waals surface area contributed by atoms with E-state index in [9.17, 15) is 9.59 Å². The molecule has 2 fully saturated rings. The van der Waals surface area contributed by atoms with Crippen molar-refractivity contribution in [3.05, 3.63) is 63.8 Å². The van der Waals surface area contributed by atoms with E-state index in [2.05, 4.69) is 24.5 Å². The number of nitrogens with zero attached hydrogens (tertiary/aromatic N) is 2. The first-order valence-corrected chi connectivity index (χ1v) is 10.8. The van der Waals surface area contributed by atoms with Gasteiger partial charge in [-0.25, -0.2) is 0 Å². The Kier molecular flexibility index (Phi) is 5.44. The Balaban J connectivity index is 1.52. The predicted octanol–water partition coefficient (Wildman–Crippen LogP) is 5.50. The van der Waals surface area contributed by atoms with Crippen LogP contribution in [0.5, 0.6) is 0 Å². The van der Waals surface area contributed by atoms with Crippen LogP contribution in [0.1, 0.15) is 54.2 Å². The summed E-state index contributed by atoms with van der Waals surface area (Å²) in [5, 5.41) is -0.170. The van der Waals surface area contributed by atoms with Crippen molar-refractivity contribution in [3.8, 4) is 0 Å². The van der Waals surface area contributed by atoms with Gasteiger partial charge in [-0.05, 0) is 68.1 Å². The lowest BCUT2D eigenvalue weighted by atomic mass is 10.1. The number of thioether (sulfide) groups is 1. The molecule has 0 bridgehead atoms. The van der Waals surface area contributed by atoms with Crippen molar-refractivity contribution < 1.29 is 9.59 Å². The van der Waals surface area contributed by atoms with Crippen LogP contribution in [0.25, 0.3) is 6.08 Å². The minimum atomic E-state index is -0.170. The molecule has 2 heterocycles. The summed E-state index contributed by atoms with van der Waals surface area (Å²) in [5.41, 5.74) is 4.61. The molecule has 28 heavy (non-hydrogen) atoms. The van der Waals surface area contributed by atoms with Crippen molar-refractivity contribution in [3.63, 3.8) is 0 Å². The molecule has 2 amide bonds. The number of hydrogen-bond donors (Lipinski definition) is 0. The Bertz CT molecular complexity index is 924. The highest BCUT2D eigenvalue weighted by molar-refractivity contribution is 8.18. The van der Waals surface area contributed by atoms with Gasteiger partial charge in [-0.15, -0.1) is 0 Å². The Morgan fingerprint density at radius 3 is 2.54 bits per heavy atom. The van der Waals surface area contributed by atoms with Crippen LogP contribution in [0.15, 0.2) is 41.3 Å². The number of carbonyl (C=O) groups excluding carboxylic acids is 2. The first-order valence-electron chi connectivity index (χ1n) is 10.0. The summed E-state index contributed by atoms with van der Waals surface area (Å²) in [5.74, 6) is -0.170. The van der Waals surface area contributed by atoms with E-state index in [1.807, 2.05) is 36.4 Å². The normalized spacial score (nSPS) is 19.4. The first-order chi connectivity index (χ1) is 13.5. The lowest BCUT2D eigenvalue weighted by molar-refractivity contribution is -0.122. The Morgan fingerprint density at radius 1 is 1.11 bits per heavy atom. The second kappa shape index (κ2) is 8.00. The highest BCUT2D eigenvalue weighted by atomic mass is 32.2. The van der Waals surface area contributed by atoms with Crippen LogP contribution in [0.4, 0.5) is 4.79 Å². The zero-order chi connectivity index (χ0) is 19.7. The van der Waals surface area contributed by atoms with Gasteiger partial charge in [-0.3, -0.25) is 14.5 Å². The Hall–Kier alpha value is -2.27. The van der Waals surface area contributed by atoms with Crippen molar-refractivity contribution in [2.45, 2.75) is 52.0 Å². The molecule has 2 aliphatic rings. The minimum Gasteiger partial charge on any atom is -0.346 e. The Labute approximate surface area is 170 Å². The molecule has 1 aromatic heterocycles. The standard InChI is InChI=1S/C23H26N2O2S/c1-16-14-19(17(2)25(16)20-10-6-7-11-20)15-21-22(26)24(23(27)28-21)13-12-18-8-4-3-5-9-18/h3-5,8-9,14-15,20H,6-7,10-13H2,1-2H3/b21-15-. The summed E-state index contributed by atoms with van der Waals surface area (Å²) in [7, 11) is 0. The molecule has 146 valence electrons. The molecule has 1 aromatic carbocycles. The maximum atomic E-state index is 12.8. The fourth-order valence-corrected chi connectivity index (χ4v) is 5.25. The number of carbonyl (C=O) groups is 2. The maximum Gasteiger partial charge on any atom is 0.293 e. The topological polar surface area (TPSA) is 42.3 Å². The van der Waals surface area contributed by atoms with Crippen molar-refractivity contribution in [1.29, 1.82) is 0 Å². The lowest BCUT2D eigenvalue weighted by Gasteiger charge is -2.17. The Morgan fingerprint density at radius 2 is 1.82 bits per heavy atom. The highest BCUT2D eigenvalue weighted by Gasteiger charge is 2.35. The van der Waals surface area contributed by atoms with Gasteiger partial charge in [0.2, 0.25) is 0 Å². The predicted molar refractivity (Wildman–Crippen MR) is 114 cm³/mol. The summed E-state index contributed by atoms with van der Waals surface area (Å²) in [4.78, 5) is 27.1. The van der Waals surface area contributed by atoms with Crippen LogP contribution < -0.4 is 0 Å². The number of benzene rings is 1. The number of hydrogen-bond acceptors (Lipinski definition) is 3. The van der Waals surface area contributed by atoms with Crippen molar-refractivity contribution >= 4 is 29.0 Å². The van der Waals surface area contributed by atoms with E-state index >= 15 is 0 Å².